The Kier molecular flexibility index (Phi) is 8.78. The lowest BCUT2D eigenvalue weighted by Crippen LogP contribution is -3.00. The molecule has 2 heteroatoms. The summed E-state index contributed by atoms with van der Waals surface area (Å²) in [5.74, 6) is 0. The SMILES string of the molecule is CCCCCCCC/C=C/c1c(C)cc(C)[n+]2c1CCC2.[Cl-]. The van der Waals surface area contributed by atoms with Gasteiger partial charge in [0.2, 0.25) is 0 Å². The van der Waals surface area contributed by atoms with E-state index in [1.165, 1.54) is 81.2 Å². The molecule has 0 N–H and O–H groups in total. The van der Waals surface area contributed by atoms with Gasteiger partial charge in [0.15, 0.2) is 11.4 Å². The molecule has 1 nitrogen and oxygen atoms in total. The minimum Gasteiger partial charge on any atom is -1.00 e. The Morgan fingerprint density at radius 1 is 1.09 bits per heavy atom. The summed E-state index contributed by atoms with van der Waals surface area (Å²) in [6.07, 6.45) is 16.9. The van der Waals surface area contributed by atoms with Crippen molar-refractivity contribution in [2.24, 2.45) is 0 Å². The van der Waals surface area contributed by atoms with E-state index in [9.17, 15) is 0 Å². The third-order valence-corrected chi connectivity index (χ3v) is 4.72. The minimum atomic E-state index is 0. The van der Waals surface area contributed by atoms with Crippen LogP contribution in [0.4, 0.5) is 0 Å². The maximum atomic E-state index is 2.51. The van der Waals surface area contributed by atoms with Crippen LogP contribution in [0.3, 0.4) is 0 Å². The lowest BCUT2D eigenvalue weighted by molar-refractivity contribution is -0.696. The Labute approximate surface area is 143 Å². The Balaban J connectivity index is 0.00000242. The zero-order chi connectivity index (χ0) is 15.1. The van der Waals surface area contributed by atoms with Gasteiger partial charge in [-0.25, -0.2) is 0 Å². The third-order valence-electron chi connectivity index (χ3n) is 4.72. The molecule has 0 unspecified atom stereocenters. The molecule has 1 aliphatic heterocycles. The number of allylic oxidation sites excluding steroid dienone is 1. The molecular formula is C20H32ClN. The fraction of sp³-hybridized carbons (Fsp3) is 0.650. The Hall–Kier alpha value is -0.820. The number of nitrogens with zero attached hydrogens (tertiary/aromatic N) is 1. The average Bonchev–Trinajstić information content (AvgIpc) is 2.94. The van der Waals surface area contributed by atoms with Crippen LogP contribution in [0.1, 0.15) is 80.8 Å². The molecule has 1 aromatic rings. The van der Waals surface area contributed by atoms with E-state index in [1.807, 2.05) is 0 Å². The first-order valence-corrected chi connectivity index (χ1v) is 8.93. The van der Waals surface area contributed by atoms with Gasteiger partial charge in [-0.15, -0.1) is 0 Å². The van der Waals surface area contributed by atoms with Crippen molar-refractivity contribution < 1.29 is 17.0 Å². The molecule has 0 bridgehead atoms. The van der Waals surface area contributed by atoms with Crippen molar-refractivity contribution in [3.8, 4) is 0 Å². The molecule has 0 spiro atoms. The van der Waals surface area contributed by atoms with Crippen LogP contribution in [0.2, 0.25) is 0 Å². The summed E-state index contributed by atoms with van der Waals surface area (Å²) < 4.78 is 2.51. The van der Waals surface area contributed by atoms with Crippen LogP contribution >= 0.6 is 0 Å². The quantitative estimate of drug-likeness (QED) is 0.511. The summed E-state index contributed by atoms with van der Waals surface area (Å²) >= 11 is 0. The molecule has 2 heterocycles. The zero-order valence-electron chi connectivity index (χ0n) is 14.6. The Morgan fingerprint density at radius 3 is 2.59 bits per heavy atom. The molecule has 1 aromatic heterocycles. The molecule has 0 aromatic carbocycles. The molecule has 0 radical (unpaired) electrons. The maximum Gasteiger partial charge on any atom is 0.189 e. The van der Waals surface area contributed by atoms with E-state index in [4.69, 9.17) is 0 Å². The van der Waals surface area contributed by atoms with Crippen LogP contribution in [0.5, 0.6) is 0 Å². The highest BCUT2D eigenvalue weighted by Crippen LogP contribution is 2.20. The molecule has 124 valence electrons. The highest BCUT2D eigenvalue weighted by atomic mass is 35.5. The maximum absolute atomic E-state index is 2.51. The second-order valence-electron chi connectivity index (χ2n) is 6.54. The predicted octanol–water partition coefficient (Wildman–Crippen LogP) is 2.30. The van der Waals surface area contributed by atoms with Gasteiger partial charge in [-0.3, -0.25) is 0 Å². The van der Waals surface area contributed by atoms with E-state index >= 15 is 0 Å². The second kappa shape index (κ2) is 10.0. The number of hydrogen-bond acceptors (Lipinski definition) is 0. The Morgan fingerprint density at radius 2 is 1.82 bits per heavy atom. The van der Waals surface area contributed by atoms with E-state index in [0.29, 0.717) is 0 Å². The summed E-state index contributed by atoms with van der Waals surface area (Å²) in [4.78, 5) is 0. The number of aryl methyl sites for hydroxylation is 2. The van der Waals surface area contributed by atoms with Crippen LogP contribution in [0.25, 0.3) is 6.08 Å². The van der Waals surface area contributed by atoms with E-state index in [-0.39, 0.29) is 12.4 Å². The molecule has 1 aliphatic rings. The largest absolute Gasteiger partial charge is 1.00 e. The second-order valence-corrected chi connectivity index (χ2v) is 6.54. The fourth-order valence-corrected chi connectivity index (χ4v) is 3.51. The zero-order valence-corrected chi connectivity index (χ0v) is 15.4. The summed E-state index contributed by atoms with van der Waals surface area (Å²) in [6, 6.07) is 2.35. The van der Waals surface area contributed by atoms with Crippen LogP contribution in [-0.4, -0.2) is 0 Å². The van der Waals surface area contributed by atoms with Gasteiger partial charge in [-0.2, -0.15) is 4.57 Å². The van der Waals surface area contributed by atoms with Crippen LogP contribution in [0, 0.1) is 13.8 Å². The third kappa shape index (κ3) is 5.12. The molecule has 0 saturated heterocycles. The van der Waals surface area contributed by atoms with Gasteiger partial charge >= 0.3 is 0 Å². The van der Waals surface area contributed by atoms with Gasteiger partial charge in [-0.1, -0.05) is 51.2 Å². The van der Waals surface area contributed by atoms with E-state index in [0.717, 1.165) is 0 Å². The van der Waals surface area contributed by atoms with Crippen molar-refractivity contribution in [3.63, 3.8) is 0 Å². The molecule has 0 atom stereocenters. The van der Waals surface area contributed by atoms with Gasteiger partial charge in [0.25, 0.3) is 0 Å². The van der Waals surface area contributed by atoms with Gasteiger partial charge in [0, 0.05) is 31.4 Å². The van der Waals surface area contributed by atoms with Gasteiger partial charge in [0.05, 0.1) is 0 Å². The molecule has 0 fully saturated rings. The van der Waals surface area contributed by atoms with Gasteiger partial charge in [0.1, 0.15) is 6.54 Å². The van der Waals surface area contributed by atoms with Crippen molar-refractivity contribution in [1.82, 2.24) is 0 Å². The van der Waals surface area contributed by atoms with E-state index in [2.05, 4.69) is 43.6 Å². The summed E-state index contributed by atoms with van der Waals surface area (Å²) in [6.45, 7) is 7.99. The van der Waals surface area contributed by atoms with Crippen LogP contribution in [0.15, 0.2) is 12.1 Å². The topological polar surface area (TPSA) is 3.88 Å². The predicted molar refractivity (Wildman–Crippen MR) is 91.5 cm³/mol. The lowest BCUT2D eigenvalue weighted by Gasteiger charge is -2.05. The standard InChI is InChI=1S/C20H32N.ClH/c1-4-5-6-7-8-9-10-11-13-19-17(2)16-18(3)21-15-12-14-20(19)21;/h11,13,16H,4-10,12,14-15H2,1-3H3;1H/q+1;/p-1/b13-11+;. The minimum absolute atomic E-state index is 0. The molecule has 0 saturated carbocycles. The van der Waals surface area contributed by atoms with Crippen molar-refractivity contribution in [2.75, 3.05) is 0 Å². The lowest BCUT2D eigenvalue weighted by atomic mass is 10.0. The normalized spacial score (nSPS) is 13.4. The van der Waals surface area contributed by atoms with E-state index in [1.54, 1.807) is 5.69 Å². The number of hydrogen-bond donors (Lipinski definition) is 0. The fourth-order valence-electron chi connectivity index (χ4n) is 3.51. The van der Waals surface area contributed by atoms with Gasteiger partial charge < -0.3 is 12.4 Å². The van der Waals surface area contributed by atoms with Crippen LogP contribution in [-0.2, 0) is 13.0 Å². The molecule has 0 aliphatic carbocycles. The van der Waals surface area contributed by atoms with Crippen molar-refractivity contribution in [3.05, 3.63) is 34.7 Å². The molecular weight excluding hydrogens is 290 g/mol. The number of aromatic nitrogens is 1. The van der Waals surface area contributed by atoms with E-state index < -0.39 is 0 Å². The molecule has 22 heavy (non-hydrogen) atoms. The van der Waals surface area contributed by atoms with Gasteiger partial charge in [-0.05, 0) is 25.3 Å². The number of pyridine rings is 1. The summed E-state index contributed by atoms with van der Waals surface area (Å²) in [7, 11) is 0. The number of rotatable bonds is 8. The first-order chi connectivity index (χ1) is 10.2. The smallest absolute Gasteiger partial charge is 0.189 e. The summed E-state index contributed by atoms with van der Waals surface area (Å²) in [5.41, 5.74) is 5.92. The highest BCUT2D eigenvalue weighted by molar-refractivity contribution is 5.55. The summed E-state index contributed by atoms with van der Waals surface area (Å²) in [5, 5.41) is 0. The van der Waals surface area contributed by atoms with Crippen LogP contribution < -0.4 is 17.0 Å². The number of unbranched alkanes of at least 4 members (excludes halogenated alkanes) is 6. The Bertz CT molecular complexity index is 491. The molecule has 0 amide bonds. The number of halogens is 1. The average molecular weight is 322 g/mol. The molecule has 2 rings (SSSR count). The number of fused-ring (bicyclic) bond motifs is 1. The van der Waals surface area contributed by atoms with Crippen molar-refractivity contribution in [2.45, 2.75) is 85.1 Å². The van der Waals surface area contributed by atoms with Crippen molar-refractivity contribution in [1.29, 1.82) is 0 Å². The van der Waals surface area contributed by atoms with Crippen molar-refractivity contribution >= 4 is 6.08 Å². The first-order valence-electron chi connectivity index (χ1n) is 8.93. The highest BCUT2D eigenvalue weighted by Gasteiger charge is 2.25. The monoisotopic (exact) mass is 321 g/mol. The first kappa shape index (κ1) is 19.2.